The predicted octanol–water partition coefficient (Wildman–Crippen LogP) is 0.737. The minimum Gasteiger partial charge on any atom is -0.486 e. The van der Waals surface area contributed by atoms with Crippen molar-refractivity contribution in [1.82, 2.24) is 10.2 Å². The lowest BCUT2D eigenvalue weighted by atomic mass is 9.77. The van der Waals surface area contributed by atoms with E-state index in [1.165, 1.54) is 6.08 Å². The van der Waals surface area contributed by atoms with Crippen molar-refractivity contribution in [3.8, 4) is 5.75 Å². The second kappa shape index (κ2) is 9.88. The normalized spacial score (nSPS) is 24.1. The predicted molar refractivity (Wildman–Crippen MR) is 106 cm³/mol. The average Bonchev–Trinajstić information content (AvgIpc) is 3.14. The number of rotatable bonds is 8. The number of nitrogens with one attached hydrogen (secondary N) is 1. The van der Waals surface area contributed by atoms with Crippen molar-refractivity contribution < 1.29 is 42.4 Å². The molecule has 3 N–H and O–H groups in total. The smallest absolute Gasteiger partial charge is 0.406 e. The molecule has 0 bridgehead atoms. The average molecular weight is 458 g/mol. The molecule has 3 rings (SSSR count). The van der Waals surface area contributed by atoms with Crippen LogP contribution in [0.25, 0.3) is 0 Å². The number of hydrogen-bond donors (Lipinski definition) is 3. The molecule has 8 nitrogen and oxygen atoms in total. The zero-order valence-electron chi connectivity index (χ0n) is 17.3. The summed E-state index contributed by atoms with van der Waals surface area (Å²) in [6, 6.07) is 5.26. The van der Waals surface area contributed by atoms with Gasteiger partial charge in [-0.05, 0) is 19.1 Å². The lowest BCUT2D eigenvalue weighted by Gasteiger charge is -2.40. The van der Waals surface area contributed by atoms with Crippen molar-refractivity contribution in [3.05, 3.63) is 41.5 Å². The van der Waals surface area contributed by atoms with Crippen LogP contribution in [0.4, 0.5) is 13.2 Å². The molecule has 11 heteroatoms. The van der Waals surface area contributed by atoms with E-state index in [0.29, 0.717) is 16.2 Å². The number of amides is 2. The van der Waals surface area contributed by atoms with Crippen molar-refractivity contribution in [2.75, 3.05) is 32.9 Å². The number of aliphatic hydroxyl groups is 2. The van der Waals surface area contributed by atoms with Gasteiger partial charge in [-0.25, -0.2) is 0 Å². The Hall–Kier alpha value is -2.63. The second-order valence-corrected chi connectivity index (χ2v) is 7.45. The Kier molecular flexibility index (Phi) is 7.42. The summed E-state index contributed by atoms with van der Waals surface area (Å²) >= 11 is 0. The number of ether oxygens (including phenoxy) is 2. The van der Waals surface area contributed by atoms with E-state index >= 15 is 0 Å². The van der Waals surface area contributed by atoms with Crippen molar-refractivity contribution in [2.24, 2.45) is 0 Å². The van der Waals surface area contributed by atoms with E-state index in [2.05, 4.69) is 5.32 Å². The fourth-order valence-corrected chi connectivity index (χ4v) is 4.02. The largest absolute Gasteiger partial charge is 0.486 e. The molecule has 1 aromatic carbocycles. The molecule has 1 aliphatic heterocycles. The molecular weight excluding hydrogens is 433 g/mol. The third-order valence-corrected chi connectivity index (χ3v) is 5.34. The van der Waals surface area contributed by atoms with Gasteiger partial charge in [-0.15, -0.1) is 0 Å². The van der Waals surface area contributed by atoms with Crippen LogP contribution in [-0.4, -0.2) is 84.3 Å². The second-order valence-electron chi connectivity index (χ2n) is 7.45. The summed E-state index contributed by atoms with van der Waals surface area (Å²) in [7, 11) is 0. The number of fused-ring (bicyclic) bond motifs is 3. The van der Waals surface area contributed by atoms with Crippen LogP contribution in [0.5, 0.6) is 5.75 Å². The third kappa shape index (κ3) is 5.05. The number of nitrogens with zero attached hydrogens (tertiary/aromatic N) is 1. The maximum Gasteiger partial charge on any atom is 0.406 e. The highest BCUT2D eigenvalue weighted by molar-refractivity contribution is 5.96. The highest BCUT2D eigenvalue weighted by Crippen LogP contribution is 2.47. The number of hydrogen-bond acceptors (Lipinski definition) is 6. The number of carbonyl (C=O) groups excluding carboxylic acids is 2. The molecule has 2 amide bonds. The van der Waals surface area contributed by atoms with Crippen LogP contribution in [0.2, 0.25) is 0 Å². The van der Waals surface area contributed by atoms with Crippen molar-refractivity contribution in [1.29, 1.82) is 0 Å². The quantitative estimate of drug-likeness (QED) is 0.530. The van der Waals surface area contributed by atoms with Gasteiger partial charge in [0.05, 0.1) is 18.6 Å². The molecule has 1 aliphatic carbocycles. The van der Waals surface area contributed by atoms with Gasteiger partial charge in [-0.3, -0.25) is 9.59 Å². The van der Waals surface area contributed by atoms with Crippen LogP contribution in [0.3, 0.4) is 0 Å². The molecule has 0 radical (unpaired) electrons. The molecule has 1 aromatic rings. The Morgan fingerprint density at radius 3 is 2.66 bits per heavy atom. The van der Waals surface area contributed by atoms with Gasteiger partial charge < -0.3 is 29.9 Å². The molecular formula is C21H25F3N2O6. The van der Waals surface area contributed by atoms with E-state index < -0.39 is 55.3 Å². The van der Waals surface area contributed by atoms with Crippen LogP contribution in [0.15, 0.2) is 35.9 Å². The summed E-state index contributed by atoms with van der Waals surface area (Å²) in [5.74, 6) is -1.96. The Labute approximate surface area is 182 Å². The first-order chi connectivity index (χ1) is 15.2. The molecule has 0 unspecified atom stereocenters. The highest BCUT2D eigenvalue weighted by atomic mass is 19.4. The van der Waals surface area contributed by atoms with E-state index in [1.807, 2.05) is 0 Å². The standard InChI is InChI=1S/C21H25F3N2O6/c1-2-31-10-16(28)26(11-21(22,23)24)14-9-13(20(30)25-7-8-27)17-12-5-3-4-6-15(12)32-19(17)18(14)29/h3-6,9,14,17-19,27,29H,2,7-8,10-11H2,1H3,(H,25,30)/t14-,17+,18+,19+/m1/s1. The van der Waals surface area contributed by atoms with Gasteiger partial charge in [0.25, 0.3) is 0 Å². The SMILES string of the molecule is CCOCC(=O)N(CC(F)(F)F)[C@@H]1C=C(C(=O)NCCO)[C@@H]2c3ccccc3O[C@@H]2[C@H]1O. The number of benzene rings is 1. The highest BCUT2D eigenvalue weighted by Gasteiger charge is 2.51. The van der Waals surface area contributed by atoms with Crippen LogP contribution < -0.4 is 10.1 Å². The van der Waals surface area contributed by atoms with E-state index in [-0.39, 0.29) is 25.3 Å². The van der Waals surface area contributed by atoms with Gasteiger partial charge in [0, 0.05) is 24.3 Å². The number of halogens is 3. The monoisotopic (exact) mass is 458 g/mol. The molecule has 32 heavy (non-hydrogen) atoms. The Morgan fingerprint density at radius 2 is 2.00 bits per heavy atom. The van der Waals surface area contributed by atoms with E-state index in [9.17, 15) is 27.9 Å². The van der Waals surface area contributed by atoms with Crippen molar-refractivity contribution in [3.63, 3.8) is 0 Å². The van der Waals surface area contributed by atoms with Crippen LogP contribution in [-0.2, 0) is 14.3 Å². The maximum absolute atomic E-state index is 13.3. The zero-order chi connectivity index (χ0) is 23.5. The topological polar surface area (TPSA) is 108 Å². The molecule has 0 spiro atoms. The fourth-order valence-electron chi connectivity index (χ4n) is 4.02. The molecule has 0 saturated carbocycles. The molecule has 0 saturated heterocycles. The Morgan fingerprint density at radius 1 is 1.28 bits per heavy atom. The van der Waals surface area contributed by atoms with Crippen LogP contribution in [0.1, 0.15) is 18.4 Å². The van der Waals surface area contributed by atoms with Gasteiger partial charge in [-0.2, -0.15) is 13.2 Å². The zero-order valence-corrected chi connectivity index (χ0v) is 17.3. The third-order valence-electron chi connectivity index (χ3n) is 5.34. The van der Waals surface area contributed by atoms with E-state index in [0.717, 1.165) is 0 Å². The first-order valence-corrected chi connectivity index (χ1v) is 10.2. The molecule has 0 fully saturated rings. The number of carbonyl (C=O) groups is 2. The number of alkyl halides is 3. The molecule has 1 heterocycles. The summed E-state index contributed by atoms with van der Waals surface area (Å²) in [6.07, 6.45) is -6.17. The Balaban J connectivity index is 2.03. The summed E-state index contributed by atoms with van der Waals surface area (Å²) < 4.78 is 50.7. The summed E-state index contributed by atoms with van der Waals surface area (Å²) in [4.78, 5) is 25.9. The van der Waals surface area contributed by atoms with Gasteiger partial charge in [0.1, 0.15) is 31.1 Å². The summed E-state index contributed by atoms with van der Waals surface area (Å²) in [5, 5.41) is 22.5. The van der Waals surface area contributed by atoms with Crippen LogP contribution >= 0.6 is 0 Å². The minimum atomic E-state index is -4.74. The summed E-state index contributed by atoms with van der Waals surface area (Å²) in [6.45, 7) is -0.933. The van der Waals surface area contributed by atoms with Gasteiger partial charge in [-0.1, -0.05) is 18.2 Å². The number of aliphatic hydroxyl groups excluding tert-OH is 2. The molecule has 2 aliphatic rings. The first kappa shape index (κ1) is 24.0. The molecule has 176 valence electrons. The molecule has 0 aromatic heterocycles. The van der Waals surface area contributed by atoms with Crippen LogP contribution in [0, 0.1) is 0 Å². The summed E-state index contributed by atoms with van der Waals surface area (Å²) in [5.41, 5.74) is 0.656. The lowest BCUT2D eigenvalue weighted by molar-refractivity contribution is -0.172. The van der Waals surface area contributed by atoms with Gasteiger partial charge in [0.15, 0.2) is 0 Å². The van der Waals surface area contributed by atoms with Crippen molar-refractivity contribution in [2.45, 2.75) is 37.3 Å². The van der Waals surface area contributed by atoms with E-state index in [4.69, 9.17) is 14.6 Å². The molecule has 4 atom stereocenters. The van der Waals surface area contributed by atoms with Crippen molar-refractivity contribution >= 4 is 11.8 Å². The lowest BCUT2D eigenvalue weighted by Crippen LogP contribution is -2.58. The fraction of sp³-hybridized carbons (Fsp3) is 0.524. The first-order valence-electron chi connectivity index (χ1n) is 10.2. The Bertz CT molecular complexity index is 875. The number of para-hydroxylation sites is 1. The minimum absolute atomic E-state index is 0.0556. The van der Waals surface area contributed by atoms with E-state index in [1.54, 1.807) is 31.2 Å². The van der Waals surface area contributed by atoms with Gasteiger partial charge in [0.2, 0.25) is 11.8 Å². The maximum atomic E-state index is 13.3. The van der Waals surface area contributed by atoms with Gasteiger partial charge >= 0.3 is 6.18 Å².